The number of hydrogen-bond acceptors (Lipinski definition) is 4. The molecule has 1 saturated carbocycles. The minimum atomic E-state index is -0.631. The molecule has 1 aliphatic heterocycles. The van der Waals surface area contributed by atoms with Gasteiger partial charge in [0.15, 0.2) is 0 Å². The lowest BCUT2D eigenvalue weighted by atomic mass is 9.82. The molecule has 0 bridgehead atoms. The quantitative estimate of drug-likeness (QED) is 0.857. The summed E-state index contributed by atoms with van der Waals surface area (Å²) < 4.78 is 0. The van der Waals surface area contributed by atoms with E-state index < -0.39 is 5.54 Å². The number of imide groups is 1. The van der Waals surface area contributed by atoms with Crippen LogP contribution in [0.1, 0.15) is 43.5 Å². The summed E-state index contributed by atoms with van der Waals surface area (Å²) >= 11 is 0. The molecule has 0 unspecified atom stereocenters. The molecule has 2 heterocycles. The van der Waals surface area contributed by atoms with E-state index >= 15 is 0 Å². The van der Waals surface area contributed by atoms with Gasteiger partial charge in [-0.05, 0) is 19.8 Å². The highest BCUT2D eigenvalue weighted by Crippen LogP contribution is 2.33. The van der Waals surface area contributed by atoms with Gasteiger partial charge >= 0.3 is 6.03 Å². The van der Waals surface area contributed by atoms with Crippen molar-refractivity contribution < 1.29 is 9.59 Å². The van der Waals surface area contributed by atoms with Crippen molar-refractivity contribution >= 4 is 11.9 Å². The Morgan fingerprint density at radius 2 is 1.95 bits per heavy atom. The van der Waals surface area contributed by atoms with Crippen molar-refractivity contribution in [3.05, 3.63) is 23.8 Å². The number of carbonyl (C=O) groups excluding carboxylic acids is 2. The molecule has 3 rings (SSSR count). The van der Waals surface area contributed by atoms with E-state index in [0.29, 0.717) is 13.0 Å². The normalized spacial score (nSPS) is 20.9. The van der Waals surface area contributed by atoms with E-state index in [0.717, 1.165) is 43.5 Å². The van der Waals surface area contributed by atoms with E-state index in [1.54, 1.807) is 12.4 Å². The second-order valence-corrected chi connectivity index (χ2v) is 5.93. The van der Waals surface area contributed by atoms with Crippen LogP contribution in [0.2, 0.25) is 0 Å². The van der Waals surface area contributed by atoms with Crippen LogP contribution in [-0.4, -0.2) is 38.9 Å². The highest BCUT2D eigenvalue weighted by Gasteiger charge is 2.50. The summed E-state index contributed by atoms with van der Waals surface area (Å²) in [6.07, 6.45) is 8.61. The lowest BCUT2D eigenvalue weighted by Crippen LogP contribution is -2.48. The van der Waals surface area contributed by atoms with Gasteiger partial charge in [-0.2, -0.15) is 0 Å². The zero-order valence-electron chi connectivity index (χ0n) is 12.3. The van der Waals surface area contributed by atoms with Gasteiger partial charge in [0.25, 0.3) is 5.91 Å². The molecule has 0 aromatic carbocycles. The first-order valence-electron chi connectivity index (χ1n) is 7.52. The Morgan fingerprint density at radius 1 is 1.19 bits per heavy atom. The minimum Gasteiger partial charge on any atom is -0.323 e. The van der Waals surface area contributed by atoms with Crippen LogP contribution < -0.4 is 5.32 Å². The lowest BCUT2D eigenvalue weighted by molar-refractivity contribution is -0.132. The molecule has 6 heteroatoms. The summed E-state index contributed by atoms with van der Waals surface area (Å²) in [4.78, 5) is 34.4. The van der Waals surface area contributed by atoms with Crippen LogP contribution >= 0.6 is 0 Å². The Morgan fingerprint density at radius 3 is 2.62 bits per heavy atom. The highest BCUT2D eigenvalue weighted by molar-refractivity contribution is 6.07. The van der Waals surface area contributed by atoms with Crippen LogP contribution in [0, 0.1) is 6.92 Å². The maximum atomic E-state index is 12.6. The average molecular weight is 288 g/mol. The van der Waals surface area contributed by atoms with E-state index in [1.807, 2.05) is 6.92 Å². The summed E-state index contributed by atoms with van der Waals surface area (Å²) in [6.45, 7) is 2.24. The Bertz CT molecular complexity index is 549. The fraction of sp³-hybridized carbons (Fsp3) is 0.600. The molecule has 112 valence electrons. The van der Waals surface area contributed by atoms with Crippen molar-refractivity contribution in [2.75, 3.05) is 6.54 Å². The third-order valence-corrected chi connectivity index (χ3v) is 4.38. The lowest BCUT2D eigenvalue weighted by Gasteiger charge is -2.30. The summed E-state index contributed by atoms with van der Waals surface area (Å²) in [7, 11) is 0. The monoisotopic (exact) mass is 288 g/mol. The maximum absolute atomic E-state index is 12.6. The predicted molar refractivity (Wildman–Crippen MR) is 76.5 cm³/mol. The van der Waals surface area contributed by atoms with Crippen molar-refractivity contribution in [3.8, 4) is 0 Å². The largest absolute Gasteiger partial charge is 0.325 e. The zero-order valence-corrected chi connectivity index (χ0v) is 12.3. The number of hydrogen-bond donors (Lipinski definition) is 1. The van der Waals surface area contributed by atoms with Crippen molar-refractivity contribution in [1.82, 2.24) is 20.2 Å². The average Bonchev–Trinajstić information content (AvgIpc) is 2.71. The van der Waals surface area contributed by atoms with E-state index in [1.165, 1.54) is 4.90 Å². The Kier molecular flexibility index (Phi) is 3.61. The molecule has 2 fully saturated rings. The van der Waals surface area contributed by atoms with Crippen LogP contribution in [0.4, 0.5) is 4.79 Å². The topological polar surface area (TPSA) is 75.2 Å². The molecule has 1 aromatic rings. The number of aryl methyl sites for hydroxylation is 1. The van der Waals surface area contributed by atoms with Crippen LogP contribution in [0.25, 0.3) is 0 Å². The van der Waals surface area contributed by atoms with Gasteiger partial charge in [-0.3, -0.25) is 19.7 Å². The van der Waals surface area contributed by atoms with Gasteiger partial charge in [0.2, 0.25) is 0 Å². The van der Waals surface area contributed by atoms with Crippen molar-refractivity contribution in [2.24, 2.45) is 0 Å². The van der Waals surface area contributed by atoms with E-state index in [9.17, 15) is 9.59 Å². The third kappa shape index (κ3) is 2.62. The number of urea groups is 1. The number of carbonyl (C=O) groups is 2. The van der Waals surface area contributed by atoms with Crippen LogP contribution in [-0.2, 0) is 11.2 Å². The summed E-state index contributed by atoms with van der Waals surface area (Å²) in [6, 6.07) is -0.262. The predicted octanol–water partition coefficient (Wildman–Crippen LogP) is 1.58. The third-order valence-electron chi connectivity index (χ3n) is 4.38. The number of nitrogens with one attached hydrogen (secondary N) is 1. The summed E-state index contributed by atoms with van der Waals surface area (Å²) in [5, 5.41) is 2.92. The van der Waals surface area contributed by atoms with Crippen molar-refractivity contribution in [3.63, 3.8) is 0 Å². The second kappa shape index (κ2) is 5.42. The van der Waals surface area contributed by atoms with Gasteiger partial charge in [0, 0.05) is 25.4 Å². The number of rotatable bonds is 3. The van der Waals surface area contributed by atoms with Gasteiger partial charge in [0.05, 0.1) is 11.4 Å². The van der Waals surface area contributed by atoms with Gasteiger partial charge in [0.1, 0.15) is 5.54 Å². The molecule has 6 nitrogen and oxygen atoms in total. The standard InChI is InChI=1S/C15H20N4O2/c1-11-9-17-12(10-16-11)5-8-19-13(20)15(18-14(19)21)6-3-2-4-7-15/h9-10H,2-8H2,1H3,(H,18,21). The molecular formula is C15H20N4O2. The fourth-order valence-corrected chi connectivity index (χ4v) is 3.15. The zero-order chi connectivity index (χ0) is 14.9. The Balaban J connectivity index is 1.66. The second-order valence-electron chi connectivity index (χ2n) is 5.93. The first-order valence-corrected chi connectivity index (χ1v) is 7.52. The molecule has 3 amide bonds. The Labute approximate surface area is 124 Å². The van der Waals surface area contributed by atoms with Crippen molar-refractivity contribution in [1.29, 1.82) is 0 Å². The fourth-order valence-electron chi connectivity index (χ4n) is 3.15. The molecule has 1 aliphatic carbocycles. The molecule has 1 aromatic heterocycles. The molecular weight excluding hydrogens is 268 g/mol. The molecule has 1 N–H and O–H groups in total. The Hall–Kier alpha value is -1.98. The summed E-state index contributed by atoms with van der Waals surface area (Å²) in [5.41, 5.74) is 1.02. The van der Waals surface area contributed by atoms with Gasteiger partial charge in [-0.15, -0.1) is 0 Å². The molecule has 2 aliphatic rings. The van der Waals surface area contributed by atoms with Crippen LogP contribution in [0.5, 0.6) is 0 Å². The molecule has 1 saturated heterocycles. The van der Waals surface area contributed by atoms with E-state index in [2.05, 4.69) is 15.3 Å². The smallest absolute Gasteiger partial charge is 0.323 e. The molecule has 0 radical (unpaired) electrons. The molecule has 0 atom stereocenters. The van der Waals surface area contributed by atoms with E-state index in [-0.39, 0.29) is 11.9 Å². The van der Waals surface area contributed by atoms with E-state index in [4.69, 9.17) is 0 Å². The molecule has 1 spiro atoms. The first kappa shape index (κ1) is 14.0. The van der Waals surface area contributed by atoms with Crippen LogP contribution in [0.3, 0.4) is 0 Å². The van der Waals surface area contributed by atoms with Gasteiger partial charge in [-0.25, -0.2) is 4.79 Å². The minimum absolute atomic E-state index is 0.0627. The van der Waals surface area contributed by atoms with Crippen molar-refractivity contribution in [2.45, 2.75) is 51.0 Å². The van der Waals surface area contributed by atoms with Gasteiger partial charge in [-0.1, -0.05) is 19.3 Å². The maximum Gasteiger partial charge on any atom is 0.325 e. The first-order chi connectivity index (χ1) is 10.1. The molecule has 21 heavy (non-hydrogen) atoms. The SMILES string of the molecule is Cc1cnc(CCN2C(=O)NC3(CCCCC3)C2=O)cn1. The number of amides is 3. The number of nitrogens with zero attached hydrogens (tertiary/aromatic N) is 3. The summed E-state index contributed by atoms with van der Waals surface area (Å²) in [5.74, 6) is -0.0627. The highest BCUT2D eigenvalue weighted by atomic mass is 16.2. The van der Waals surface area contributed by atoms with Crippen LogP contribution in [0.15, 0.2) is 12.4 Å². The van der Waals surface area contributed by atoms with Gasteiger partial charge < -0.3 is 5.32 Å². The number of aromatic nitrogens is 2.